The fourth-order valence-corrected chi connectivity index (χ4v) is 0.309. The molecule has 0 N–H and O–H groups in total. The Kier molecular flexibility index (Phi) is 4.29. The molecule has 0 unspecified atom stereocenters. The Balaban J connectivity index is 3.53. The molecule has 0 aliphatic rings. The zero-order valence-electron chi connectivity index (χ0n) is 6.39. The van der Waals surface area contributed by atoms with Gasteiger partial charge in [-0.3, -0.25) is 4.79 Å². The van der Waals surface area contributed by atoms with Crippen molar-refractivity contribution < 1.29 is 9.53 Å². The molecule has 0 rings (SSSR count). The highest BCUT2D eigenvalue weighted by Gasteiger charge is 1.91. The third-order valence-corrected chi connectivity index (χ3v) is 0.841. The second kappa shape index (κ2) is 4.79. The number of carbonyl (C=O) groups excluding carboxylic acids is 1. The van der Waals surface area contributed by atoms with Crippen LogP contribution in [0.3, 0.4) is 0 Å². The highest BCUT2D eigenvalue weighted by atomic mass is 16.5. The summed E-state index contributed by atoms with van der Waals surface area (Å²) in [7, 11) is 0. The van der Waals surface area contributed by atoms with Crippen LogP contribution in [0.5, 0.6) is 0 Å². The summed E-state index contributed by atoms with van der Waals surface area (Å²) >= 11 is 0. The van der Waals surface area contributed by atoms with Gasteiger partial charge in [-0.15, -0.1) is 0 Å². The van der Waals surface area contributed by atoms with Gasteiger partial charge in [0.1, 0.15) is 0 Å². The van der Waals surface area contributed by atoms with Crippen LogP contribution >= 0.6 is 0 Å². The van der Waals surface area contributed by atoms with Crippen molar-refractivity contribution in [2.24, 2.45) is 0 Å². The minimum atomic E-state index is -0.225. The summed E-state index contributed by atoms with van der Waals surface area (Å²) in [5.41, 5.74) is 0.865. The number of hydrogen-bond donors (Lipinski definition) is 0. The SMILES string of the molecule is C=C(C)C=COC(=O)CC. The molecule has 0 radical (unpaired) electrons. The number of ether oxygens (including phenoxy) is 1. The van der Waals surface area contributed by atoms with Crippen LogP contribution in [0.25, 0.3) is 0 Å². The molecule has 0 spiro atoms. The van der Waals surface area contributed by atoms with Gasteiger partial charge in [0.2, 0.25) is 0 Å². The molecule has 56 valence electrons. The molecule has 0 atom stereocenters. The Morgan fingerprint density at radius 1 is 1.70 bits per heavy atom. The number of allylic oxidation sites excluding steroid dienone is 2. The number of esters is 1. The summed E-state index contributed by atoms with van der Waals surface area (Å²) in [6, 6.07) is 0. The monoisotopic (exact) mass is 140 g/mol. The van der Waals surface area contributed by atoms with E-state index in [2.05, 4.69) is 11.3 Å². The number of carbonyl (C=O) groups is 1. The third-order valence-electron chi connectivity index (χ3n) is 0.841. The first-order chi connectivity index (χ1) is 4.66. The molecule has 0 aromatic heterocycles. The van der Waals surface area contributed by atoms with Crippen molar-refractivity contribution in [3.8, 4) is 0 Å². The van der Waals surface area contributed by atoms with E-state index in [9.17, 15) is 4.79 Å². The van der Waals surface area contributed by atoms with Crippen LogP contribution in [-0.4, -0.2) is 5.97 Å². The van der Waals surface area contributed by atoms with Gasteiger partial charge in [-0.1, -0.05) is 19.1 Å². The molecule has 0 aromatic carbocycles. The van der Waals surface area contributed by atoms with E-state index >= 15 is 0 Å². The van der Waals surface area contributed by atoms with Crippen LogP contribution in [0, 0.1) is 0 Å². The maximum atomic E-state index is 10.5. The van der Waals surface area contributed by atoms with Gasteiger partial charge in [-0.2, -0.15) is 0 Å². The highest BCUT2D eigenvalue weighted by molar-refractivity contribution is 5.69. The van der Waals surface area contributed by atoms with Gasteiger partial charge < -0.3 is 4.74 Å². The Morgan fingerprint density at radius 2 is 2.30 bits per heavy atom. The highest BCUT2D eigenvalue weighted by Crippen LogP contribution is 1.91. The van der Waals surface area contributed by atoms with Gasteiger partial charge in [0.25, 0.3) is 0 Å². The lowest BCUT2D eigenvalue weighted by molar-refractivity contribution is -0.137. The van der Waals surface area contributed by atoms with Gasteiger partial charge in [-0.25, -0.2) is 0 Å². The van der Waals surface area contributed by atoms with Crippen molar-refractivity contribution in [3.05, 3.63) is 24.5 Å². The van der Waals surface area contributed by atoms with E-state index < -0.39 is 0 Å². The van der Waals surface area contributed by atoms with E-state index in [1.165, 1.54) is 6.26 Å². The fraction of sp³-hybridized carbons (Fsp3) is 0.375. The van der Waals surface area contributed by atoms with E-state index in [-0.39, 0.29) is 5.97 Å². The first-order valence-corrected chi connectivity index (χ1v) is 3.18. The van der Waals surface area contributed by atoms with E-state index in [0.717, 1.165) is 5.57 Å². The molecule has 0 aliphatic heterocycles. The lowest BCUT2D eigenvalue weighted by Crippen LogP contribution is -1.94. The van der Waals surface area contributed by atoms with Crippen molar-refractivity contribution >= 4 is 5.97 Å². The molecule has 0 bridgehead atoms. The van der Waals surface area contributed by atoms with E-state index in [1.54, 1.807) is 13.0 Å². The molecule has 0 saturated carbocycles. The van der Waals surface area contributed by atoms with Gasteiger partial charge in [0.15, 0.2) is 0 Å². The van der Waals surface area contributed by atoms with Crippen molar-refractivity contribution in [1.29, 1.82) is 0 Å². The maximum Gasteiger partial charge on any atom is 0.310 e. The second-order valence-corrected chi connectivity index (χ2v) is 1.99. The fourth-order valence-electron chi connectivity index (χ4n) is 0.309. The smallest absolute Gasteiger partial charge is 0.310 e. The third kappa shape index (κ3) is 5.09. The summed E-state index contributed by atoms with van der Waals surface area (Å²) < 4.78 is 4.62. The summed E-state index contributed by atoms with van der Waals surface area (Å²) in [6.45, 7) is 7.18. The molecular formula is C8H12O2. The summed E-state index contributed by atoms with van der Waals surface area (Å²) in [5.74, 6) is -0.225. The number of hydrogen-bond acceptors (Lipinski definition) is 2. The molecule has 0 amide bonds. The summed E-state index contributed by atoms with van der Waals surface area (Å²) in [5, 5.41) is 0. The van der Waals surface area contributed by atoms with Gasteiger partial charge in [0.05, 0.1) is 6.26 Å². The number of rotatable bonds is 3. The second-order valence-electron chi connectivity index (χ2n) is 1.99. The van der Waals surface area contributed by atoms with Crippen LogP contribution < -0.4 is 0 Å². The Morgan fingerprint density at radius 3 is 2.70 bits per heavy atom. The molecule has 0 fully saturated rings. The van der Waals surface area contributed by atoms with E-state index in [4.69, 9.17) is 0 Å². The summed E-state index contributed by atoms with van der Waals surface area (Å²) in [6.07, 6.45) is 3.41. The van der Waals surface area contributed by atoms with Crippen molar-refractivity contribution in [1.82, 2.24) is 0 Å². The van der Waals surface area contributed by atoms with Gasteiger partial charge in [-0.05, 0) is 13.0 Å². The maximum absolute atomic E-state index is 10.5. The first kappa shape index (κ1) is 8.95. The molecular weight excluding hydrogens is 128 g/mol. The Hall–Kier alpha value is -1.05. The van der Waals surface area contributed by atoms with Crippen LogP contribution in [0.4, 0.5) is 0 Å². The lowest BCUT2D eigenvalue weighted by atomic mass is 10.3. The van der Waals surface area contributed by atoms with Crippen LogP contribution in [0.1, 0.15) is 20.3 Å². The van der Waals surface area contributed by atoms with Crippen molar-refractivity contribution in [3.63, 3.8) is 0 Å². The standard InChI is InChI=1S/C8H12O2/c1-4-8(9)10-6-5-7(2)3/h5-6H,2,4H2,1,3H3. The van der Waals surface area contributed by atoms with E-state index in [0.29, 0.717) is 6.42 Å². The van der Waals surface area contributed by atoms with Crippen LogP contribution in [0.2, 0.25) is 0 Å². The zero-order chi connectivity index (χ0) is 7.98. The molecule has 0 aliphatic carbocycles. The van der Waals surface area contributed by atoms with Gasteiger partial charge in [0, 0.05) is 6.42 Å². The quantitative estimate of drug-likeness (QED) is 0.340. The average molecular weight is 140 g/mol. The Labute approximate surface area is 61.2 Å². The van der Waals surface area contributed by atoms with Crippen molar-refractivity contribution in [2.45, 2.75) is 20.3 Å². The lowest BCUT2D eigenvalue weighted by Gasteiger charge is -1.92. The minimum absolute atomic E-state index is 0.225. The van der Waals surface area contributed by atoms with E-state index in [1.807, 2.05) is 6.92 Å². The largest absolute Gasteiger partial charge is 0.434 e. The normalized spacial score (nSPS) is 9.80. The molecule has 2 nitrogen and oxygen atoms in total. The van der Waals surface area contributed by atoms with Crippen LogP contribution in [-0.2, 0) is 9.53 Å². The summed E-state index contributed by atoms with van der Waals surface area (Å²) in [4.78, 5) is 10.5. The topological polar surface area (TPSA) is 26.3 Å². The van der Waals surface area contributed by atoms with Crippen LogP contribution in [0.15, 0.2) is 24.5 Å². The first-order valence-electron chi connectivity index (χ1n) is 3.18. The average Bonchev–Trinajstić information content (AvgIpc) is 1.87. The Bertz CT molecular complexity index is 157. The molecule has 2 heteroatoms. The molecule has 0 saturated heterocycles. The molecule has 0 heterocycles. The predicted molar refractivity (Wildman–Crippen MR) is 40.3 cm³/mol. The zero-order valence-corrected chi connectivity index (χ0v) is 6.39. The van der Waals surface area contributed by atoms with Crippen molar-refractivity contribution in [2.75, 3.05) is 0 Å². The van der Waals surface area contributed by atoms with Gasteiger partial charge >= 0.3 is 5.97 Å². The minimum Gasteiger partial charge on any atom is -0.434 e. The molecule has 0 aromatic rings. The predicted octanol–water partition coefficient (Wildman–Crippen LogP) is 2.03. The molecule has 10 heavy (non-hydrogen) atoms.